The largest absolute Gasteiger partial charge is 0.421 e. The molecule has 3 rings (SSSR count). The summed E-state index contributed by atoms with van der Waals surface area (Å²) in [4.78, 5) is 27.9. The number of piperidine rings is 1. The van der Waals surface area contributed by atoms with Gasteiger partial charge >= 0.3 is 0 Å². The molecule has 1 aromatic heterocycles. The molecule has 0 spiro atoms. The molecule has 0 N–H and O–H groups in total. The van der Waals surface area contributed by atoms with Crippen molar-refractivity contribution in [1.82, 2.24) is 14.4 Å². The number of nitrogens with zero attached hydrogens (tertiary/aromatic N) is 3. The van der Waals surface area contributed by atoms with Crippen LogP contribution in [0.25, 0.3) is 0 Å². The summed E-state index contributed by atoms with van der Waals surface area (Å²) < 4.78 is 1.71. The summed E-state index contributed by atoms with van der Waals surface area (Å²) in [5.74, 6) is 0.437. The molecule has 5 nitrogen and oxygen atoms in total. The fraction of sp³-hybridized carbons (Fsp3) is 0.455. The average molecular weight is 561 g/mol. The van der Waals surface area contributed by atoms with Crippen molar-refractivity contribution >= 4 is 14.3 Å². The van der Waals surface area contributed by atoms with E-state index in [1.165, 1.54) is 17.2 Å². The predicted molar refractivity (Wildman–Crippen MR) is 112 cm³/mol. The summed E-state index contributed by atoms with van der Waals surface area (Å²) in [6, 6.07) is 14.7. The Kier molecular flexibility index (Phi) is 10.6. The van der Waals surface area contributed by atoms with Crippen molar-refractivity contribution in [2.45, 2.75) is 32.4 Å². The maximum absolute atomic E-state index is 12.1. The Balaban J connectivity index is 0.00000210. The van der Waals surface area contributed by atoms with E-state index in [1.807, 2.05) is 14.1 Å². The minimum atomic E-state index is -0.00901. The molecule has 2 aromatic rings. The molecule has 0 unspecified atom stereocenters. The number of likely N-dealkylation sites (tertiary alicyclic amines) is 1. The third-order valence-electron chi connectivity index (χ3n) is 5.29. The molecule has 1 aromatic carbocycles. The van der Waals surface area contributed by atoms with Crippen molar-refractivity contribution in [2.75, 3.05) is 27.2 Å². The number of pyridine rings is 1. The van der Waals surface area contributed by atoms with E-state index >= 15 is 0 Å². The minimum Gasteiger partial charge on any atom is -0.421 e. The van der Waals surface area contributed by atoms with Crippen molar-refractivity contribution in [3.8, 4) is 0 Å². The average Bonchev–Trinajstić information content (AvgIpc) is 2.68. The number of carbonyl (C=O) groups is 1. The van der Waals surface area contributed by atoms with E-state index in [-0.39, 0.29) is 46.9 Å². The van der Waals surface area contributed by atoms with Crippen LogP contribution in [-0.2, 0) is 45.4 Å². The van der Waals surface area contributed by atoms with E-state index in [0.717, 1.165) is 38.9 Å². The Bertz CT molecular complexity index is 815. The number of amides is 1. The second kappa shape index (κ2) is 12.1. The van der Waals surface area contributed by atoms with E-state index in [1.54, 1.807) is 21.7 Å². The number of rotatable bonds is 6. The first-order valence-corrected chi connectivity index (χ1v) is 9.61. The van der Waals surface area contributed by atoms with Crippen LogP contribution >= 0.6 is 0 Å². The molecule has 1 aliphatic heterocycles. The van der Waals surface area contributed by atoms with Crippen molar-refractivity contribution in [3.63, 3.8) is 0 Å². The molecule has 0 bridgehead atoms. The van der Waals surface area contributed by atoms with Crippen molar-refractivity contribution in [2.24, 2.45) is 5.92 Å². The summed E-state index contributed by atoms with van der Waals surface area (Å²) >= 11 is 0. The number of hydrogen-bond acceptors (Lipinski definition) is 3. The van der Waals surface area contributed by atoms with Gasteiger partial charge in [-0.25, -0.2) is 0 Å². The van der Waals surface area contributed by atoms with Gasteiger partial charge in [0.2, 0.25) is 5.91 Å². The molecule has 0 aliphatic carbocycles. The van der Waals surface area contributed by atoms with Gasteiger partial charge in [-0.15, -0.1) is 12.3 Å². The van der Waals surface area contributed by atoms with E-state index in [4.69, 9.17) is 0 Å². The van der Waals surface area contributed by atoms with Crippen molar-refractivity contribution < 1.29 is 25.9 Å². The zero-order valence-electron chi connectivity index (χ0n) is 17.2. The van der Waals surface area contributed by atoms with Crippen LogP contribution in [0.4, 0.5) is 0 Å². The SMILES string of the molecule is CN(C)C(=O)C1CCN(Cc2ccc(CCn3cc[c-]cc3=O)cc2)CC1.[B].[W]. The second-order valence-electron chi connectivity index (χ2n) is 7.51. The number of carbonyl (C=O) groups excluding carboxylic acids is 1. The summed E-state index contributed by atoms with van der Waals surface area (Å²) in [6.07, 6.45) is 4.50. The van der Waals surface area contributed by atoms with Gasteiger partial charge in [-0.05, 0) is 43.5 Å². The van der Waals surface area contributed by atoms with Gasteiger partial charge in [0.25, 0.3) is 0 Å². The fourth-order valence-electron chi connectivity index (χ4n) is 3.62. The molecule has 0 saturated carbocycles. The number of aryl methyl sites for hydroxylation is 2. The molecule has 1 fully saturated rings. The molecule has 3 radical (unpaired) electrons. The summed E-state index contributed by atoms with van der Waals surface area (Å²) in [6.45, 7) is 3.55. The van der Waals surface area contributed by atoms with E-state index in [9.17, 15) is 9.59 Å². The van der Waals surface area contributed by atoms with Crippen LogP contribution in [0.5, 0.6) is 0 Å². The molecule has 1 amide bonds. The minimum absolute atomic E-state index is 0. The molecule has 29 heavy (non-hydrogen) atoms. The normalized spacial score (nSPS) is 14.6. The summed E-state index contributed by atoms with van der Waals surface area (Å²) in [7, 11) is 3.67. The van der Waals surface area contributed by atoms with Gasteiger partial charge in [-0.2, -0.15) is 12.1 Å². The smallest absolute Gasteiger partial charge is 0.225 e. The van der Waals surface area contributed by atoms with Crippen molar-refractivity contribution in [3.05, 3.63) is 70.1 Å². The zero-order chi connectivity index (χ0) is 19.2. The van der Waals surface area contributed by atoms with Gasteiger partial charge in [0, 0.05) is 62.6 Å². The maximum Gasteiger partial charge on any atom is 0.225 e. The van der Waals surface area contributed by atoms with Crippen molar-refractivity contribution in [1.29, 1.82) is 0 Å². The van der Waals surface area contributed by atoms with Crippen LogP contribution in [-0.4, -0.2) is 55.9 Å². The molecule has 153 valence electrons. The first-order chi connectivity index (χ1) is 13.0. The van der Waals surface area contributed by atoms with E-state index in [2.05, 4.69) is 35.2 Å². The molecule has 7 heteroatoms. The monoisotopic (exact) mass is 561 g/mol. The maximum atomic E-state index is 12.1. The van der Waals surface area contributed by atoms with Gasteiger partial charge in [0.15, 0.2) is 0 Å². The van der Waals surface area contributed by atoms with Gasteiger partial charge in [-0.1, -0.05) is 24.3 Å². The Hall–Kier alpha value is -1.65. The molecule has 1 aliphatic rings. The van der Waals surface area contributed by atoms with E-state index < -0.39 is 0 Å². The van der Waals surface area contributed by atoms with Crippen LogP contribution in [0.3, 0.4) is 0 Å². The first-order valence-electron chi connectivity index (χ1n) is 9.61. The van der Waals surface area contributed by atoms with Crippen LogP contribution < -0.4 is 5.56 Å². The van der Waals surface area contributed by atoms with Gasteiger partial charge in [0.05, 0.1) is 0 Å². The molecular weight excluding hydrogens is 533 g/mol. The molecule has 0 atom stereocenters. The summed E-state index contributed by atoms with van der Waals surface area (Å²) in [5.41, 5.74) is 2.52. The van der Waals surface area contributed by atoms with Crippen LogP contribution in [0, 0.1) is 12.0 Å². The number of hydrogen-bond donors (Lipinski definition) is 0. The van der Waals surface area contributed by atoms with Gasteiger partial charge < -0.3 is 14.3 Å². The zero-order valence-corrected chi connectivity index (χ0v) is 20.1. The van der Waals surface area contributed by atoms with Crippen LogP contribution in [0.15, 0.2) is 47.4 Å². The van der Waals surface area contributed by atoms with Crippen LogP contribution in [0.2, 0.25) is 0 Å². The Morgan fingerprint density at radius 2 is 1.76 bits per heavy atom. The summed E-state index contributed by atoms with van der Waals surface area (Å²) in [5, 5.41) is 0. The quantitative estimate of drug-likeness (QED) is 0.400. The number of aromatic nitrogens is 1. The standard InChI is InChI=1S/C22H28N3O2.B.W/c1-23(2)22(27)20-11-14-24(15-12-20)17-19-8-6-18(7-9-19)10-16-25-13-4-3-5-21(25)26;;/h4-9,13,20H,10-12,14-17H2,1-2H3;;/q-1;;. The van der Waals surface area contributed by atoms with Gasteiger partial charge in [0.1, 0.15) is 5.56 Å². The Morgan fingerprint density at radius 1 is 1.14 bits per heavy atom. The Morgan fingerprint density at radius 3 is 2.34 bits per heavy atom. The third kappa shape index (κ3) is 7.27. The predicted octanol–water partition coefficient (Wildman–Crippen LogP) is 1.81. The third-order valence-corrected chi connectivity index (χ3v) is 5.29. The molecular formula is C22H28BN3O2W-. The second-order valence-corrected chi connectivity index (χ2v) is 7.51. The van der Waals surface area contributed by atoms with E-state index in [0.29, 0.717) is 6.54 Å². The fourth-order valence-corrected chi connectivity index (χ4v) is 3.62. The van der Waals surface area contributed by atoms with Crippen LogP contribution in [0.1, 0.15) is 24.0 Å². The molecule has 2 heterocycles. The first kappa shape index (κ1) is 25.4. The number of benzene rings is 1. The topological polar surface area (TPSA) is 45.6 Å². The molecule has 1 saturated heterocycles. The van der Waals surface area contributed by atoms with Gasteiger partial charge in [-0.3, -0.25) is 9.69 Å². The Labute approximate surface area is 189 Å².